The summed E-state index contributed by atoms with van der Waals surface area (Å²) in [6, 6.07) is 0. The van der Waals surface area contributed by atoms with Gasteiger partial charge in [0.2, 0.25) is 0 Å². The molecule has 25 unspecified atom stereocenters. The molecule has 4 saturated heterocycles. The molecule has 4 heterocycles. The van der Waals surface area contributed by atoms with Crippen molar-refractivity contribution in [2.75, 3.05) is 19.8 Å². The van der Waals surface area contributed by atoms with Crippen LogP contribution in [-0.2, 0) is 52.3 Å². The highest BCUT2D eigenvalue weighted by atomic mass is 16.7. The van der Waals surface area contributed by atoms with Crippen LogP contribution < -0.4 is 0 Å². The summed E-state index contributed by atoms with van der Waals surface area (Å²) < 4.78 is 51.2. The van der Waals surface area contributed by atoms with Gasteiger partial charge >= 0.3 is 17.9 Å². The highest BCUT2D eigenvalue weighted by Crippen LogP contribution is 2.44. The maximum absolute atomic E-state index is 12.7. The van der Waals surface area contributed by atoms with Crippen LogP contribution in [0.15, 0.2) is 12.2 Å². The van der Waals surface area contributed by atoms with Crippen molar-refractivity contribution in [1.82, 2.24) is 0 Å². The van der Waals surface area contributed by atoms with E-state index in [-0.39, 0.29) is 38.0 Å². The minimum absolute atomic E-state index is 0.0229. The lowest BCUT2D eigenvalue weighted by atomic mass is 9.72. The number of ether oxygens (including phenoxy) is 9. The second-order valence-electron chi connectivity index (χ2n) is 20.1. The molecule has 16 N–H and O–H groups in total. The number of esters is 2. The van der Waals surface area contributed by atoms with Crippen molar-refractivity contribution in [2.45, 2.75) is 211 Å². The van der Waals surface area contributed by atoms with Crippen LogP contribution in [0.4, 0.5) is 0 Å². The summed E-state index contributed by atoms with van der Waals surface area (Å²) in [4.78, 5) is 35.8. The molecule has 25 atom stereocenters. The number of carbonyl (C=O) groups is 3. The summed E-state index contributed by atoms with van der Waals surface area (Å²) in [7, 11) is 0. The van der Waals surface area contributed by atoms with E-state index in [0.29, 0.717) is 25.7 Å². The Balaban J connectivity index is 1.14. The Hall–Kier alpha value is -2.69. The van der Waals surface area contributed by atoms with Gasteiger partial charge < -0.3 is 119 Å². The quantitative estimate of drug-likeness (QED) is 0.0296. The first-order chi connectivity index (χ1) is 34.1. The minimum atomic E-state index is -1.99. The lowest BCUT2D eigenvalue weighted by Gasteiger charge is -2.50. The van der Waals surface area contributed by atoms with Gasteiger partial charge in [-0.15, -0.1) is 0 Å². The predicted molar refractivity (Wildman–Crippen MR) is 231 cm³/mol. The number of allylic oxidation sites excluding steroid dienone is 1. The Morgan fingerprint density at radius 2 is 1.04 bits per heavy atom. The van der Waals surface area contributed by atoms with E-state index in [1.807, 2.05) is 0 Å². The van der Waals surface area contributed by atoms with E-state index in [0.717, 1.165) is 0 Å². The summed E-state index contributed by atoms with van der Waals surface area (Å²) in [5.41, 5.74) is 0. The fourth-order valence-corrected chi connectivity index (χ4v) is 10.9. The van der Waals surface area contributed by atoms with Crippen LogP contribution in [0.2, 0.25) is 0 Å². The number of hydrogen-bond acceptors (Lipinski definition) is 25. The molecule has 0 spiro atoms. The minimum Gasteiger partial charge on any atom is -0.481 e. The second kappa shape index (κ2) is 25.0. The molecule has 7 fully saturated rings. The molecular formula is C45H71O27+. The predicted octanol–water partition coefficient (Wildman–Crippen LogP) is -7.20. The van der Waals surface area contributed by atoms with Crippen LogP contribution in [0.3, 0.4) is 0 Å². The SMILES string of the molecule is O=C(O)CC(=O)OCC1OC(OC2CC3C(O)CC(O)CC3[OH+]C2C2CC(OC3OC(CO)C(O)C(O)C3O)C(O)C(OC3OC(COC(=O)C=CC4CCC(O)CC4)C(O)C(O)C3O)C2)C(O)C(O)C1O. The number of carboxylic acid groups (broad SMARTS) is 1. The van der Waals surface area contributed by atoms with Crippen LogP contribution in [0, 0.1) is 17.8 Å². The van der Waals surface area contributed by atoms with Gasteiger partial charge in [0.1, 0.15) is 105 Å². The van der Waals surface area contributed by atoms with Gasteiger partial charge in [-0.2, -0.15) is 0 Å². The number of carbonyl (C=O) groups excluding carboxylic acids is 2. The zero-order valence-corrected chi connectivity index (χ0v) is 39.1. The Morgan fingerprint density at radius 1 is 0.542 bits per heavy atom. The zero-order valence-electron chi connectivity index (χ0n) is 39.1. The molecule has 0 amide bonds. The van der Waals surface area contributed by atoms with Crippen molar-refractivity contribution in [1.29, 1.82) is 0 Å². The lowest BCUT2D eigenvalue weighted by molar-refractivity contribution is -0.365. The number of rotatable bonds is 16. The topological polar surface area (TPSA) is 441 Å². The largest absolute Gasteiger partial charge is 0.481 e. The van der Waals surface area contributed by atoms with E-state index in [4.69, 9.17) is 47.7 Å². The molecule has 0 aromatic rings. The highest BCUT2D eigenvalue weighted by Gasteiger charge is 2.58. The van der Waals surface area contributed by atoms with Crippen LogP contribution in [0.5, 0.6) is 0 Å². The first-order valence-corrected chi connectivity index (χ1v) is 24.4. The molecule has 0 aromatic carbocycles. The molecule has 3 aliphatic carbocycles. The molecular weight excluding hydrogens is 972 g/mol. The molecule has 7 aliphatic rings. The molecule has 3 saturated carbocycles. The van der Waals surface area contributed by atoms with Crippen molar-refractivity contribution < 1.29 is 134 Å². The number of hydrogen-bond donors (Lipinski definition) is 15. The molecule has 27 nitrogen and oxygen atoms in total. The fourth-order valence-electron chi connectivity index (χ4n) is 10.9. The zero-order chi connectivity index (χ0) is 52.3. The maximum Gasteiger partial charge on any atom is 0.330 e. The van der Waals surface area contributed by atoms with E-state index in [1.54, 1.807) is 6.08 Å². The van der Waals surface area contributed by atoms with E-state index in [1.165, 1.54) is 6.08 Å². The van der Waals surface area contributed by atoms with Crippen molar-refractivity contribution >= 4 is 17.9 Å². The van der Waals surface area contributed by atoms with Crippen LogP contribution in [0.1, 0.15) is 64.2 Å². The van der Waals surface area contributed by atoms with E-state index < -0.39 is 203 Å². The summed E-state index contributed by atoms with van der Waals surface area (Å²) in [5, 5.41) is 160. The highest BCUT2D eigenvalue weighted by molar-refractivity contribution is 5.90. The molecule has 0 aromatic heterocycles. The monoisotopic (exact) mass is 1040 g/mol. The van der Waals surface area contributed by atoms with Gasteiger partial charge in [-0.25, -0.2) is 4.79 Å². The Kier molecular flexibility index (Phi) is 19.8. The van der Waals surface area contributed by atoms with Gasteiger partial charge in [-0.1, -0.05) is 6.08 Å². The van der Waals surface area contributed by atoms with Crippen molar-refractivity contribution in [3.05, 3.63) is 12.2 Å². The van der Waals surface area contributed by atoms with E-state index in [9.17, 15) is 85.9 Å². The van der Waals surface area contributed by atoms with Crippen molar-refractivity contribution in [2.24, 2.45) is 17.8 Å². The Morgan fingerprint density at radius 3 is 1.57 bits per heavy atom. The number of aliphatic hydroxyl groups excluding tert-OH is 14. The average Bonchev–Trinajstić information content (AvgIpc) is 3.34. The average molecular weight is 1040 g/mol. The molecule has 0 bridgehead atoms. The normalized spacial score (nSPS) is 48.1. The maximum atomic E-state index is 12.7. The Bertz CT molecular complexity index is 1800. The third-order valence-corrected chi connectivity index (χ3v) is 15.0. The number of aliphatic carboxylic acids is 1. The van der Waals surface area contributed by atoms with Crippen molar-refractivity contribution in [3.63, 3.8) is 0 Å². The second-order valence-corrected chi connectivity index (χ2v) is 20.1. The molecule has 412 valence electrons. The molecule has 4 aliphatic heterocycles. The third-order valence-electron chi connectivity index (χ3n) is 15.0. The van der Waals surface area contributed by atoms with Gasteiger partial charge in [0.25, 0.3) is 0 Å². The summed E-state index contributed by atoms with van der Waals surface area (Å²) in [6.07, 6.45) is -33.7. The van der Waals surface area contributed by atoms with Crippen LogP contribution in [-0.4, -0.2) is 266 Å². The summed E-state index contributed by atoms with van der Waals surface area (Å²) >= 11 is 0. The smallest absolute Gasteiger partial charge is 0.330 e. The molecule has 27 heteroatoms. The number of aliphatic hydroxyl groups is 16. The van der Waals surface area contributed by atoms with Gasteiger partial charge in [-0.05, 0) is 50.9 Å². The lowest BCUT2D eigenvalue weighted by Crippen LogP contribution is -2.65. The standard InChI is InChI=1S/C45H70O27/c46-13-26-33(55)36(58)39(61)43(70-26)67-23-7-17(8-24(32(23)54)68-44-40(62)37(59)34(56)27(71-44)14-64-30(52)6-3-16-1-4-18(47)5-2-16)42-25(11-20-21(49)9-19(48)10-22(20)66-42)69-45-41(63)38(60)35(57)28(72-45)15-65-31(53)12-29(50)51/h3,6,16-28,32-49,54-63H,1-2,4-5,7-15H2,(H,50,51)/p+1. The van der Waals surface area contributed by atoms with Crippen molar-refractivity contribution in [3.8, 4) is 0 Å². The fraction of sp³-hybridized carbons (Fsp3) is 0.889. The number of fused-ring (bicyclic) bond motifs is 1. The van der Waals surface area contributed by atoms with E-state index in [2.05, 4.69) is 0 Å². The molecule has 0 radical (unpaired) electrons. The summed E-state index contributed by atoms with van der Waals surface area (Å²) in [6.45, 7) is -2.24. The number of carboxylic acids is 1. The molecule has 72 heavy (non-hydrogen) atoms. The van der Waals surface area contributed by atoms with Crippen LogP contribution in [0.25, 0.3) is 0 Å². The van der Waals surface area contributed by atoms with Gasteiger partial charge in [0.15, 0.2) is 31.1 Å². The van der Waals surface area contributed by atoms with Crippen LogP contribution >= 0.6 is 0 Å². The summed E-state index contributed by atoms with van der Waals surface area (Å²) in [5.74, 6) is -5.07. The Labute approximate surface area is 411 Å². The first kappa shape index (κ1) is 57.0. The van der Waals surface area contributed by atoms with Gasteiger partial charge in [0, 0.05) is 24.8 Å². The first-order valence-electron chi connectivity index (χ1n) is 24.4. The van der Waals surface area contributed by atoms with Gasteiger partial charge in [0.05, 0.1) is 43.0 Å². The molecule has 7 rings (SSSR count). The third kappa shape index (κ3) is 13.5. The van der Waals surface area contributed by atoms with Gasteiger partial charge in [-0.3, -0.25) is 9.59 Å². The van der Waals surface area contributed by atoms with E-state index >= 15 is 0 Å².